The summed E-state index contributed by atoms with van der Waals surface area (Å²) in [4.78, 5) is 8.57. The van der Waals surface area contributed by atoms with Crippen LogP contribution in [-0.2, 0) is 7.05 Å². The number of hydrogen-bond donors (Lipinski definition) is 1. The van der Waals surface area contributed by atoms with Crippen molar-refractivity contribution in [3.63, 3.8) is 0 Å². The van der Waals surface area contributed by atoms with E-state index in [0.717, 1.165) is 12.4 Å². The fraction of sp³-hybridized carbons (Fsp3) is 0.385. The number of nitrogens with zero attached hydrogens (tertiary/aromatic N) is 3. The third kappa shape index (κ3) is 2.36. The first kappa shape index (κ1) is 11.8. The second-order valence-electron chi connectivity index (χ2n) is 4.12. The topological polar surface area (TPSA) is 42.7 Å². The molecule has 1 unspecified atom stereocenters. The highest BCUT2D eigenvalue weighted by Crippen LogP contribution is 2.22. The van der Waals surface area contributed by atoms with E-state index < -0.39 is 0 Å². The van der Waals surface area contributed by atoms with Crippen molar-refractivity contribution in [2.75, 3.05) is 6.54 Å². The number of pyridine rings is 1. The van der Waals surface area contributed by atoms with Crippen molar-refractivity contribution in [3.05, 3.63) is 47.8 Å². The van der Waals surface area contributed by atoms with Gasteiger partial charge < -0.3 is 9.88 Å². The summed E-state index contributed by atoms with van der Waals surface area (Å²) in [5.74, 6) is 1.03. The summed E-state index contributed by atoms with van der Waals surface area (Å²) in [6.07, 6.45) is 7.52. The fourth-order valence-electron chi connectivity index (χ4n) is 2.01. The zero-order valence-corrected chi connectivity index (χ0v) is 10.5. The van der Waals surface area contributed by atoms with Crippen LogP contribution in [0.15, 0.2) is 30.9 Å². The van der Waals surface area contributed by atoms with Crippen LogP contribution in [0, 0.1) is 6.92 Å². The molecule has 0 aliphatic heterocycles. The van der Waals surface area contributed by atoms with E-state index >= 15 is 0 Å². The Morgan fingerprint density at radius 2 is 2.24 bits per heavy atom. The lowest BCUT2D eigenvalue weighted by atomic mass is 10.0. The van der Waals surface area contributed by atoms with Gasteiger partial charge in [0.25, 0.3) is 0 Å². The zero-order chi connectivity index (χ0) is 12.3. The number of aromatic nitrogens is 3. The molecular weight excluding hydrogens is 212 g/mol. The van der Waals surface area contributed by atoms with Crippen LogP contribution in [0.3, 0.4) is 0 Å². The summed E-state index contributed by atoms with van der Waals surface area (Å²) in [5, 5.41) is 3.47. The Kier molecular flexibility index (Phi) is 3.54. The fourth-order valence-corrected chi connectivity index (χ4v) is 2.01. The molecule has 2 rings (SSSR count). The smallest absolute Gasteiger partial charge is 0.130 e. The average Bonchev–Trinajstić information content (AvgIpc) is 2.74. The van der Waals surface area contributed by atoms with E-state index in [1.807, 2.05) is 36.4 Å². The number of nitrogens with one attached hydrogen (secondary N) is 1. The summed E-state index contributed by atoms with van der Waals surface area (Å²) in [6, 6.07) is 2.18. The highest BCUT2D eigenvalue weighted by atomic mass is 15.1. The van der Waals surface area contributed by atoms with Crippen molar-refractivity contribution in [3.8, 4) is 0 Å². The molecule has 0 aliphatic rings. The van der Waals surface area contributed by atoms with Crippen LogP contribution in [0.2, 0.25) is 0 Å². The predicted octanol–water partition coefficient (Wildman–Crippen LogP) is 1.82. The SMILES string of the molecule is CCNC(c1ccncc1C)c1nccn1C. The Balaban J connectivity index is 2.43. The van der Waals surface area contributed by atoms with Crippen LogP contribution in [0.25, 0.3) is 0 Å². The van der Waals surface area contributed by atoms with Crippen molar-refractivity contribution >= 4 is 0 Å². The molecule has 0 spiro atoms. The third-order valence-corrected chi connectivity index (χ3v) is 2.90. The first-order valence-corrected chi connectivity index (χ1v) is 5.85. The molecule has 0 saturated carbocycles. The minimum atomic E-state index is 0.128. The van der Waals surface area contributed by atoms with Crippen molar-refractivity contribution in [2.45, 2.75) is 19.9 Å². The van der Waals surface area contributed by atoms with Crippen molar-refractivity contribution in [2.24, 2.45) is 7.05 Å². The standard InChI is InChI=1S/C13H18N4/c1-4-15-12(13-16-7-8-17(13)3)11-5-6-14-9-10(11)2/h5-9,12,15H,4H2,1-3H3. The maximum Gasteiger partial charge on any atom is 0.130 e. The van der Waals surface area contributed by atoms with Gasteiger partial charge in [0.1, 0.15) is 5.82 Å². The number of imidazole rings is 1. The monoisotopic (exact) mass is 230 g/mol. The van der Waals surface area contributed by atoms with Gasteiger partial charge in [-0.3, -0.25) is 4.98 Å². The molecule has 0 aliphatic carbocycles. The highest BCUT2D eigenvalue weighted by molar-refractivity contribution is 5.30. The molecule has 2 heterocycles. The van der Waals surface area contributed by atoms with Gasteiger partial charge in [-0.15, -0.1) is 0 Å². The van der Waals surface area contributed by atoms with E-state index in [1.165, 1.54) is 11.1 Å². The molecule has 0 amide bonds. The van der Waals surface area contributed by atoms with Crippen LogP contribution in [0.4, 0.5) is 0 Å². The summed E-state index contributed by atoms with van der Waals surface area (Å²) >= 11 is 0. The van der Waals surface area contributed by atoms with Crippen LogP contribution in [0.1, 0.15) is 29.9 Å². The first-order valence-electron chi connectivity index (χ1n) is 5.85. The van der Waals surface area contributed by atoms with Gasteiger partial charge in [0, 0.05) is 31.8 Å². The Morgan fingerprint density at radius 1 is 1.41 bits per heavy atom. The molecule has 0 aromatic carbocycles. The largest absolute Gasteiger partial charge is 0.336 e. The molecule has 1 N–H and O–H groups in total. The lowest BCUT2D eigenvalue weighted by molar-refractivity contribution is 0.574. The Labute approximate surface area is 102 Å². The second-order valence-corrected chi connectivity index (χ2v) is 4.12. The van der Waals surface area contributed by atoms with Gasteiger partial charge in [0.15, 0.2) is 0 Å². The molecule has 1 atom stereocenters. The number of hydrogen-bond acceptors (Lipinski definition) is 3. The summed E-state index contributed by atoms with van der Waals surface area (Å²) in [6.45, 7) is 5.08. The molecule has 0 saturated heterocycles. The Bertz CT molecular complexity index is 490. The van der Waals surface area contributed by atoms with Crippen LogP contribution in [0.5, 0.6) is 0 Å². The lowest BCUT2D eigenvalue weighted by Gasteiger charge is -2.19. The predicted molar refractivity (Wildman–Crippen MR) is 67.7 cm³/mol. The van der Waals surface area contributed by atoms with Gasteiger partial charge in [-0.1, -0.05) is 6.92 Å². The van der Waals surface area contributed by atoms with Gasteiger partial charge in [-0.2, -0.15) is 0 Å². The van der Waals surface area contributed by atoms with Crippen LogP contribution >= 0.6 is 0 Å². The molecule has 2 aromatic heterocycles. The van der Waals surface area contributed by atoms with Crippen LogP contribution < -0.4 is 5.32 Å². The molecule has 2 aromatic rings. The van der Waals surface area contributed by atoms with Gasteiger partial charge in [0.05, 0.1) is 6.04 Å². The molecule has 0 fully saturated rings. The second kappa shape index (κ2) is 5.10. The zero-order valence-electron chi connectivity index (χ0n) is 10.5. The summed E-state index contributed by atoms with van der Waals surface area (Å²) in [7, 11) is 2.02. The molecule has 0 bridgehead atoms. The minimum absolute atomic E-state index is 0.128. The van der Waals surface area contributed by atoms with Gasteiger partial charge in [-0.25, -0.2) is 4.98 Å². The van der Waals surface area contributed by atoms with Crippen molar-refractivity contribution in [1.29, 1.82) is 0 Å². The van der Waals surface area contributed by atoms with Crippen molar-refractivity contribution < 1.29 is 0 Å². The van der Waals surface area contributed by atoms with E-state index in [4.69, 9.17) is 0 Å². The molecule has 90 valence electrons. The molecule has 17 heavy (non-hydrogen) atoms. The van der Waals surface area contributed by atoms with E-state index in [9.17, 15) is 0 Å². The van der Waals surface area contributed by atoms with Crippen molar-refractivity contribution in [1.82, 2.24) is 19.9 Å². The highest BCUT2D eigenvalue weighted by Gasteiger charge is 2.18. The van der Waals surface area contributed by atoms with Crippen LogP contribution in [-0.4, -0.2) is 21.1 Å². The lowest BCUT2D eigenvalue weighted by Crippen LogP contribution is -2.25. The summed E-state index contributed by atoms with van der Waals surface area (Å²) in [5.41, 5.74) is 2.41. The maximum absolute atomic E-state index is 4.43. The van der Waals surface area contributed by atoms with E-state index in [2.05, 4.69) is 35.2 Å². The maximum atomic E-state index is 4.43. The molecule has 4 nitrogen and oxygen atoms in total. The number of rotatable bonds is 4. The van der Waals surface area contributed by atoms with E-state index in [-0.39, 0.29) is 6.04 Å². The Hall–Kier alpha value is -1.68. The van der Waals surface area contributed by atoms with E-state index in [1.54, 1.807) is 0 Å². The summed E-state index contributed by atoms with van der Waals surface area (Å²) < 4.78 is 2.05. The van der Waals surface area contributed by atoms with Gasteiger partial charge in [0.2, 0.25) is 0 Å². The Morgan fingerprint density at radius 3 is 2.82 bits per heavy atom. The normalized spacial score (nSPS) is 12.6. The minimum Gasteiger partial charge on any atom is -0.336 e. The number of aryl methyl sites for hydroxylation is 2. The first-order chi connectivity index (χ1) is 8.24. The van der Waals surface area contributed by atoms with Gasteiger partial charge >= 0.3 is 0 Å². The average molecular weight is 230 g/mol. The quantitative estimate of drug-likeness (QED) is 0.871. The van der Waals surface area contributed by atoms with Gasteiger partial charge in [-0.05, 0) is 30.7 Å². The molecular formula is C13H18N4. The molecule has 0 radical (unpaired) electrons. The molecule has 4 heteroatoms. The van der Waals surface area contributed by atoms with E-state index in [0.29, 0.717) is 0 Å². The third-order valence-electron chi connectivity index (χ3n) is 2.90.